The molecule has 3 aromatic rings. The van der Waals surface area contributed by atoms with Crippen LogP contribution in [0.25, 0.3) is 10.3 Å². The van der Waals surface area contributed by atoms with Crippen LogP contribution in [0.2, 0.25) is 0 Å². The number of nitrogens with two attached hydrogens (primary N) is 1. The molecule has 35 heavy (non-hydrogen) atoms. The molecule has 6 rings (SSSR count). The molecule has 0 unspecified atom stereocenters. The van der Waals surface area contributed by atoms with E-state index in [0.29, 0.717) is 37.1 Å². The summed E-state index contributed by atoms with van der Waals surface area (Å²) in [6.07, 6.45) is 5.71. The third kappa shape index (κ3) is 4.65. The van der Waals surface area contributed by atoms with Crippen molar-refractivity contribution in [2.45, 2.75) is 31.7 Å². The van der Waals surface area contributed by atoms with Gasteiger partial charge in [0.25, 0.3) is 11.9 Å². The number of ether oxygens (including phenoxy) is 1. The molecule has 0 bridgehead atoms. The van der Waals surface area contributed by atoms with Gasteiger partial charge in [-0.3, -0.25) is 4.79 Å². The van der Waals surface area contributed by atoms with Crippen molar-refractivity contribution in [3.05, 3.63) is 18.0 Å². The zero-order chi connectivity index (χ0) is 23.8. The smallest absolute Gasteiger partial charge is 0.298 e. The number of piperidine rings is 1. The average Bonchev–Trinajstić information content (AvgIpc) is 3.64. The number of morpholine rings is 1. The van der Waals surface area contributed by atoms with E-state index in [0.717, 1.165) is 67.6 Å². The lowest BCUT2D eigenvalue weighted by Crippen LogP contribution is -2.36. The van der Waals surface area contributed by atoms with Crippen LogP contribution in [0.15, 0.2) is 16.7 Å². The van der Waals surface area contributed by atoms with Gasteiger partial charge in [0, 0.05) is 45.3 Å². The van der Waals surface area contributed by atoms with E-state index in [9.17, 15) is 4.79 Å². The first kappa shape index (κ1) is 22.5. The fraction of sp³-hybridized carbons (Fsp3) is 0.565. The summed E-state index contributed by atoms with van der Waals surface area (Å²) in [5.74, 6) is 0.444. The maximum Gasteiger partial charge on any atom is 0.298 e. The average molecular weight is 499 g/mol. The lowest BCUT2D eigenvalue weighted by atomic mass is 10.1. The van der Waals surface area contributed by atoms with Crippen molar-refractivity contribution >= 4 is 50.2 Å². The van der Waals surface area contributed by atoms with Gasteiger partial charge in [-0.05, 0) is 31.7 Å². The number of carbonyl (C=O) groups excluding carboxylic acids is 1. The van der Waals surface area contributed by atoms with E-state index in [-0.39, 0.29) is 17.6 Å². The summed E-state index contributed by atoms with van der Waals surface area (Å²) in [4.78, 5) is 33.8. The second kappa shape index (κ2) is 9.59. The van der Waals surface area contributed by atoms with Crippen molar-refractivity contribution in [3.63, 3.8) is 0 Å². The van der Waals surface area contributed by atoms with Gasteiger partial charge in [0.2, 0.25) is 0 Å². The minimum absolute atomic E-state index is 0.103. The van der Waals surface area contributed by atoms with E-state index >= 15 is 0 Å². The number of nitrogens with one attached hydrogen (secondary N) is 1. The molecular weight excluding hydrogens is 468 g/mol. The summed E-state index contributed by atoms with van der Waals surface area (Å²) in [6, 6.07) is 2.53. The molecule has 0 aromatic carbocycles. The van der Waals surface area contributed by atoms with Crippen molar-refractivity contribution in [1.29, 1.82) is 0 Å². The highest BCUT2D eigenvalue weighted by molar-refractivity contribution is 7.22. The standard InChI is InChI=1S/C23H30N8O3S/c24-15-4-7-31(13-15)22-26-17(14-34-22)21(32)25-16-12-18-19(27-20(16)29-5-2-1-3-6-29)28-23(35-18)30-8-10-33-11-9-30/h12,14-15H,1-11,13,24H2,(H,25,32)/t15-/m0/s1. The summed E-state index contributed by atoms with van der Waals surface area (Å²) in [6.45, 7) is 6.31. The maximum atomic E-state index is 13.2. The van der Waals surface area contributed by atoms with Crippen LogP contribution in [0.1, 0.15) is 36.2 Å². The zero-order valence-corrected chi connectivity index (χ0v) is 20.4. The van der Waals surface area contributed by atoms with Gasteiger partial charge in [0.15, 0.2) is 22.3 Å². The number of hydrogen-bond acceptors (Lipinski definition) is 11. The molecule has 3 aromatic heterocycles. The van der Waals surface area contributed by atoms with Crippen LogP contribution in [0.3, 0.4) is 0 Å². The van der Waals surface area contributed by atoms with E-state index in [1.807, 2.05) is 11.0 Å². The van der Waals surface area contributed by atoms with Crippen LogP contribution in [0, 0.1) is 0 Å². The third-order valence-corrected chi connectivity index (χ3v) is 7.81. The highest BCUT2D eigenvalue weighted by atomic mass is 32.1. The highest BCUT2D eigenvalue weighted by Gasteiger charge is 2.26. The quantitative estimate of drug-likeness (QED) is 0.541. The molecule has 3 aliphatic heterocycles. The number of pyridine rings is 1. The Labute approximate surface area is 207 Å². The van der Waals surface area contributed by atoms with Gasteiger partial charge >= 0.3 is 0 Å². The van der Waals surface area contributed by atoms with Crippen LogP contribution >= 0.6 is 11.3 Å². The molecule has 11 nitrogen and oxygen atoms in total. The normalized spacial score (nSPS) is 21.2. The lowest BCUT2D eigenvalue weighted by molar-refractivity contribution is 0.102. The Bertz CT molecular complexity index is 1200. The molecule has 1 atom stereocenters. The van der Waals surface area contributed by atoms with E-state index < -0.39 is 0 Å². The Morgan fingerprint density at radius 1 is 1.03 bits per heavy atom. The number of nitrogens with zero attached hydrogens (tertiary/aromatic N) is 6. The highest BCUT2D eigenvalue weighted by Crippen LogP contribution is 2.35. The van der Waals surface area contributed by atoms with E-state index in [2.05, 4.69) is 20.1 Å². The molecule has 3 fully saturated rings. The number of amides is 1. The van der Waals surface area contributed by atoms with Crippen LogP contribution in [0.5, 0.6) is 0 Å². The predicted molar refractivity (Wildman–Crippen MR) is 136 cm³/mol. The minimum Gasteiger partial charge on any atom is -0.431 e. The second-order valence-electron chi connectivity index (χ2n) is 9.29. The van der Waals surface area contributed by atoms with Crippen molar-refractivity contribution in [2.75, 3.05) is 72.5 Å². The van der Waals surface area contributed by atoms with Crippen molar-refractivity contribution in [1.82, 2.24) is 15.0 Å². The molecule has 0 radical (unpaired) electrons. The zero-order valence-electron chi connectivity index (χ0n) is 19.6. The predicted octanol–water partition coefficient (Wildman–Crippen LogP) is 2.30. The van der Waals surface area contributed by atoms with E-state index in [4.69, 9.17) is 24.9 Å². The Balaban J connectivity index is 1.29. The number of carbonyl (C=O) groups is 1. The molecule has 0 spiro atoms. The number of aromatic nitrogens is 3. The molecule has 6 heterocycles. The first-order chi connectivity index (χ1) is 17.1. The molecule has 1 amide bonds. The Morgan fingerprint density at radius 2 is 1.86 bits per heavy atom. The molecule has 186 valence electrons. The minimum atomic E-state index is -0.319. The number of anilines is 4. The van der Waals surface area contributed by atoms with Crippen LogP contribution in [-0.4, -0.2) is 79.4 Å². The number of fused-ring (bicyclic) bond motifs is 1. The molecular formula is C23H30N8O3S. The van der Waals surface area contributed by atoms with Gasteiger partial charge in [-0.2, -0.15) is 9.97 Å². The monoisotopic (exact) mass is 498 g/mol. The number of hydrogen-bond donors (Lipinski definition) is 2. The van der Waals surface area contributed by atoms with Gasteiger partial charge < -0.3 is 34.9 Å². The molecule has 0 saturated carbocycles. The van der Waals surface area contributed by atoms with Crippen molar-refractivity contribution in [2.24, 2.45) is 5.73 Å². The summed E-state index contributed by atoms with van der Waals surface area (Å²) in [5.41, 5.74) is 7.62. The van der Waals surface area contributed by atoms with Gasteiger partial charge in [0.1, 0.15) is 6.26 Å². The SMILES string of the molecule is N[C@H]1CCN(c2nc(C(=O)Nc3cc4sc(N5CCOCC5)nc4nc3N3CCCCC3)co2)C1. The maximum absolute atomic E-state index is 13.2. The lowest BCUT2D eigenvalue weighted by Gasteiger charge is -2.29. The topological polar surface area (TPSA) is 126 Å². The fourth-order valence-electron chi connectivity index (χ4n) is 4.83. The van der Waals surface area contributed by atoms with E-state index in [1.165, 1.54) is 12.7 Å². The summed E-state index contributed by atoms with van der Waals surface area (Å²) in [5, 5.41) is 3.99. The van der Waals surface area contributed by atoms with Crippen LogP contribution < -0.4 is 25.8 Å². The van der Waals surface area contributed by atoms with Crippen molar-refractivity contribution in [3.8, 4) is 0 Å². The molecule has 3 aliphatic rings. The number of oxazole rings is 1. The number of rotatable bonds is 5. The van der Waals surface area contributed by atoms with Crippen LogP contribution in [-0.2, 0) is 4.74 Å². The van der Waals surface area contributed by atoms with Gasteiger partial charge in [-0.15, -0.1) is 0 Å². The first-order valence-corrected chi connectivity index (χ1v) is 13.1. The largest absolute Gasteiger partial charge is 0.431 e. The van der Waals surface area contributed by atoms with Gasteiger partial charge in [0.05, 0.1) is 23.6 Å². The Hall–Kier alpha value is -2.96. The van der Waals surface area contributed by atoms with Gasteiger partial charge in [-0.1, -0.05) is 11.3 Å². The second-order valence-corrected chi connectivity index (χ2v) is 10.3. The fourth-order valence-corrected chi connectivity index (χ4v) is 5.83. The molecule has 12 heteroatoms. The third-order valence-electron chi connectivity index (χ3n) is 6.76. The Morgan fingerprint density at radius 3 is 2.63 bits per heavy atom. The van der Waals surface area contributed by atoms with Crippen LogP contribution in [0.4, 0.5) is 22.7 Å². The van der Waals surface area contributed by atoms with Gasteiger partial charge in [-0.25, -0.2) is 4.98 Å². The summed E-state index contributed by atoms with van der Waals surface area (Å²) in [7, 11) is 0. The Kier molecular flexibility index (Phi) is 6.17. The first-order valence-electron chi connectivity index (χ1n) is 12.3. The summed E-state index contributed by atoms with van der Waals surface area (Å²) < 4.78 is 12.0. The van der Waals surface area contributed by atoms with E-state index in [1.54, 1.807) is 11.3 Å². The molecule has 3 saturated heterocycles. The molecule has 0 aliphatic carbocycles. The number of thiazole rings is 1. The van der Waals surface area contributed by atoms with Crippen molar-refractivity contribution < 1.29 is 13.9 Å². The molecule has 3 N–H and O–H groups in total. The summed E-state index contributed by atoms with van der Waals surface area (Å²) >= 11 is 1.59.